The first-order chi connectivity index (χ1) is 10.6. The fourth-order valence-corrected chi connectivity index (χ4v) is 3.53. The van der Waals surface area contributed by atoms with Gasteiger partial charge < -0.3 is 10.5 Å². The second-order valence-corrected chi connectivity index (χ2v) is 8.78. The van der Waals surface area contributed by atoms with Crippen LogP contribution in [0.5, 0.6) is 5.75 Å². The molecule has 0 spiro atoms. The number of nitrogens with two attached hydrogens (primary N) is 1. The third-order valence-electron chi connectivity index (χ3n) is 3.00. The predicted octanol–water partition coefficient (Wildman–Crippen LogP) is 0.894. The summed E-state index contributed by atoms with van der Waals surface area (Å²) in [7, 11) is -5.91. The molecule has 1 unspecified atom stereocenters. The molecule has 0 aliphatic rings. The van der Waals surface area contributed by atoms with Crippen LogP contribution >= 0.6 is 12.4 Å². The Kier molecular flexibility index (Phi) is 9.00. The van der Waals surface area contributed by atoms with Gasteiger partial charge in [-0.1, -0.05) is 0 Å². The maximum Gasteiger partial charge on any atom is 0.244 e. The minimum absolute atomic E-state index is 0. The lowest BCUT2D eigenvalue weighted by Gasteiger charge is -2.13. The fourth-order valence-electron chi connectivity index (χ4n) is 1.70. The van der Waals surface area contributed by atoms with E-state index in [1.54, 1.807) is 6.92 Å². The van der Waals surface area contributed by atoms with Gasteiger partial charge in [-0.05, 0) is 32.4 Å². The highest BCUT2D eigenvalue weighted by molar-refractivity contribution is 7.92. The second-order valence-electron chi connectivity index (χ2n) is 5.03. The molecule has 8 nitrogen and oxygen atoms in total. The number of benzene rings is 1. The summed E-state index contributed by atoms with van der Waals surface area (Å²) in [5, 5.41) is 0. The normalized spacial score (nSPS) is 13.0. The van der Waals surface area contributed by atoms with Gasteiger partial charge >= 0.3 is 0 Å². The van der Waals surface area contributed by atoms with Gasteiger partial charge in [0, 0.05) is 18.7 Å². The zero-order chi connectivity index (χ0) is 17.7. The Morgan fingerprint density at radius 2 is 1.88 bits per heavy atom. The fraction of sp³-hybridized carbons (Fsp3) is 0.538. The molecule has 0 aliphatic carbocycles. The molecular formula is C13H24ClN3O5S2. The summed E-state index contributed by atoms with van der Waals surface area (Å²) in [6.45, 7) is 3.48. The van der Waals surface area contributed by atoms with Crippen molar-refractivity contribution in [1.82, 2.24) is 4.72 Å². The first-order valence-corrected chi connectivity index (χ1v) is 10.2. The maximum absolute atomic E-state index is 12.3. The minimum atomic E-state index is -3.77. The van der Waals surface area contributed by atoms with Gasteiger partial charge in [0.1, 0.15) is 10.6 Å². The third kappa shape index (κ3) is 6.81. The summed E-state index contributed by atoms with van der Waals surface area (Å²) in [4.78, 5) is -0.0656. The predicted molar refractivity (Wildman–Crippen MR) is 96.8 cm³/mol. The van der Waals surface area contributed by atoms with Crippen LogP contribution in [0.4, 0.5) is 5.69 Å². The second kappa shape index (κ2) is 9.42. The van der Waals surface area contributed by atoms with E-state index in [0.717, 1.165) is 0 Å². The van der Waals surface area contributed by atoms with Gasteiger partial charge in [-0.25, -0.2) is 21.6 Å². The third-order valence-corrected chi connectivity index (χ3v) is 5.81. The molecule has 0 saturated carbocycles. The average molecular weight is 402 g/mol. The molecule has 11 heteroatoms. The van der Waals surface area contributed by atoms with E-state index < -0.39 is 20.0 Å². The van der Waals surface area contributed by atoms with Gasteiger partial charge in [-0.2, -0.15) is 0 Å². The topological polar surface area (TPSA) is 128 Å². The van der Waals surface area contributed by atoms with Crippen molar-refractivity contribution in [2.24, 2.45) is 5.73 Å². The quantitative estimate of drug-likeness (QED) is 0.563. The van der Waals surface area contributed by atoms with Crippen LogP contribution in [-0.4, -0.2) is 42.3 Å². The molecule has 0 radical (unpaired) electrons. The molecule has 0 saturated heterocycles. The van der Waals surface area contributed by atoms with E-state index >= 15 is 0 Å². The zero-order valence-electron chi connectivity index (χ0n) is 13.8. The molecular weight excluding hydrogens is 378 g/mol. The first-order valence-electron chi connectivity index (χ1n) is 7.05. The standard InChI is InChI=1S/C13H23N3O5S2.ClH/c1-4-22(17,18)16-11-5-6-13(12(9-11)21-3)23(19,20)15-8-7-10(2)14;/h5-6,9-10,15-16H,4,7-8,14H2,1-3H3;1H. The smallest absolute Gasteiger partial charge is 0.244 e. The monoisotopic (exact) mass is 401 g/mol. The summed E-state index contributed by atoms with van der Waals surface area (Å²) in [6, 6.07) is 3.87. The zero-order valence-corrected chi connectivity index (χ0v) is 16.2. The lowest BCUT2D eigenvalue weighted by atomic mass is 10.3. The van der Waals surface area contributed by atoms with Crippen molar-refractivity contribution in [3.63, 3.8) is 0 Å². The SMILES string of the molecule is CCS(=O)(=O)Nc1ccc(S(=O)(=O)NCCC(C)N)c(OC)c1.Cl. The molecule has 1 aromatic rings. The van der Waals surface area contributed by atoms with E-state index in [1.165, 1.54) is 32.2 Å². The number of rotatable bonds is 9. The van der Waals surface area contributed by atoms with Crippen LogP contribution < -0.4 is 19.9 Å². The summed E-state index contributed by atoms with van der Waals surface area (Å²) in [6.07, 6.45) is 0.496. The number of nitrogens with one attached hydrogen (secondary N) is 2. The van der Waals surface area contributed by atoms with Crippen LogP contribution in [0.15, 0.2) is 23.1 Å². The molecule has 0 heterocycles. The van der Waals surface area contributed by atoms with Gasteiger partial charge in [0.2, 0.25) is 20.0 Å². The van der Waals surface area contributed by atoms with E-state index in [1.807, 2.05) is 0 Å². The Hall–Kier alpha value is -1.07. The van der Waals surface area contributed by atoms with Gasteiger partial charge in [0.25, 0.3) is 0 Å². The van der Waals surface area contributed by atoms with Crippen molar-refractivity contribution in [1.29, 1.82) is 0 Å². The van der Waals surface area contributed by atoms with Gasteiger partial charge in [-0.3, -0.25) is 4.72 Å². The summed E-state index contributed by atoms with van der Waals surface area (Å²) < 4.78 is 57.5. The van der Waals surface area contributed by atoms with Crippen molar-refractivity contribution in [3.8, 4) is 5.75 Å². The van der Waals surface area contributed by atoms with Crippen LogP contribution in [-0.2, 0) is 20.0 Å². The molecule has 0 fully saturated rings. The van der Waals surface area contributed by atoms with E-state index in [2.05, 4.69) is 9.44 Å². The van der Waals surface area contributed by atoms with Crippen LogP contribution in [0.25, 0.3) is 0 Å². The Labute approximate surface area is 149 Å². The molecule has 1 rings (SSSR count). The number of halogens is 1. The molecule has 4 N–H and O–H groups in total. The molecule has 0 bridgehead atoms. The highest BCUT2D eigenvalue weighted by Crippen LogP contribution is 2.27. The largest absolute Gasteiger partial charge is 0.495 e. The van der Waals surface area contributed by atoms with E-state index in [0.29, 0.717) is 6.42 Å². The molecule has 1 atom stereocenters. The van der Waals surface area contributed by atoms with Crippen LogP contribution in [0, 0.1) is 0 Å². The van der Waals surface area contributed by atoms with Crippen molar-refractivity contribution in [2.45, 2.75) is 31.2 Å². The molecule has 140 valence electrons. The van der Waals surface area contributed by atoms with E-state index in [4.69, 9.17) is 10.5 Å². The highest BCUT2D eigenvalue weighted by atomic mass is 35.5. The molecule has 0 aromatic heterocycles. The Morgan fingerprint density at radius 3 is 2.38 bits per heavy atom. The molecule has 0 amide bonds. The van der Waals surface area contributed by atoms with Gasteiger partial charge in [0.15, 0.2) is 0 Å². The van der Waals surface area contributed by atoms with Crippen LogP contribution in [0.2, 0.25) is 0 Å². The van der Waals surface area contributed by atoms with Crippen molar-refractivity contribution in [2.75, 3.05) is 24.1 Å². The number of sulfonamides is 2. The van der Waals surface area contributed by atoms with E-state index in [9.17, 15) is 16.8 Å². The Morgan fingerprint density at radius 1 is 1.25 bits per heavy atom. The highest BCUT2D eigenvalue weighted by Gasteiger charge is 2.20. The molecule has 1 aromatic carbocycles. The van der Waals surface area contributed by atoms with E-state index in [-0.39, 0.29) is 47.1 Å². The van der Waals surface area contributed by atoms with Crippen LogP contribution in [0.3, 0.4) is 0 Å². The first kappa shape index (κ1) is 22.9. The number of methoxy groups -OCH3 is 1. The van der Waals surface area contributed by atoms with Gasteiger partial charge in [0.05, 0.1) is 18.6 Å². The number of anilines is 1. The maximum atomic E-state index is 12.3. The Bertz CT molecular complexity index is 736. The summed E-state index contributed by atoms with van der Waals surface area (Å²) in [5.74, 6) is -0.0385. The Balaban J connectivity index is 0.00000529. The number of hydrogen-bond acceptors (Lipinski definition) is 6. The lowest BCUT2D eigenvalue weighted by molar-refractivity contribution is 0.402. The summed E-state index contributed by atoms with van der Waals surface area (Å²) >= 11 is 0. The average Bonchev–Trinajstić information content (AvgIpc) is 2.45. The van der Waals surface area contributed by atoms with Crippen molar-refractivity contribution >= 4 is 38.1 Å². The molecule has 0 aliphatic heterocycles. The lowest BCUT2D eigenvalue weighted by Crippen LogP contribution is -2.29. The number of ether oxygens (including phenoxy) is 1. The minimum Gasteiger partial charge on any atom is -0.495 e. The van der Waals surface area contributed by atoms with Gasteiger partial charge in [-0.15, -0.1) is 12.4 Å². The van der Waals surface area contributed by atoms with Crippen LogP contribution in [0.1, 0.15) is 20.3 Å². The molecule has 24 heavy (non-hydrogen) atoms. The van der Waals surface area contributed by atoms with Crippen molar-refractivity contribution < 1.29 is 21.6 Å². The number of hydrogen-bond donors (Lipinski definition) is 3. The van der Waals surface area contributed by atoms with Crippen molar-refractivity contribution in [3.05, 3.63) is 18.2 Å². The summed E-state index contributed by atoms with van der Waals surface area (Å²) in [5.41, 5.74) is 5.82.